The van der Waals surface area contributed by atoms with Crippen molar-refractivity contribution in [3.63, 3.8) is 0 Å². The van der Waals surface area contributed by atoms with Crippen LogP contribution in [0.4, 0.5) is 0 Å². The third-order valence-corrected chi connectivity index (χ3v) is 3.03. The predicted molar refractivity (Wildman–Crippen MR) is 75.5 cm³/mol. The average molecular weight is 290 g/mol. The van der Waals surface area contributed by atoms with Gasteiger partial charge < -0.3 is 14.4 Å². The molecule has 0 fully saturated rings. The Morgan fingerprint density at radius 3 is 2.57 bits per heavy atom. The normalized spacial score (nSPS) is 10.6. The monoisotopic (exact) mass is 290 g/mol. The van der Waals surface area contributed by atoms with Crippen LogP contribution in [-0.4, -0.2) is 21.2 Å². The standard InChI is InChI=1S/C15H18N2O4/c1-4-5-13-16-12(17-21-13)8-20-14-9(2)6-11(15(18)19)7-10(14)3/h6-7H,4-5,8H2,1-3H3,(H,18,19). The van der Waals surface area contributed by atoms with Gasteiger partial charge in [-0.3, -0.25) is 0 Å². The van der Waals surface area contributed by atoms with Crippen molar-refractivity contribution in [1.29, 1.82) is 0 Å². The molecule has 0 aliphatic heterocycles. The summed E-state index contributed by atoms with van der Waals surface area (Å²) in [5.41, 5.74) is 1.79. The van der Waals surface area contributed by atoms with E-state index in [0.29, 0.717) is 17.5 Å². The van der Waals surface area contributed by atoms with Gasteiger partial charge in [0.25, 0.3) is 0 Å². The minimum Gasteiger partial charge on any atom is -0.485 e. The van der Waals surface area contributed by atoms with E-state index in [0.717, 1.165) is 24.0 Å². The zero-order valence-electron chi connectivity index (χ0n) is 12.3. The van der Waals surface area contributed by atoms with Crippen molar-refractivity contribution < 1.29 is 19.2 Å². The van der Waals surface area contributed by atoms with Crippen LogP contribution in [-0.2, 0) is 13.0 Å². The summed E-state index contributed by atoms with van der Waals surface area (Å²) in [6.07, 6.45) is 1.69. The third-order valence-electron chi connectivity index (χ3n) is 3.03. The predicted octanol–water partition coefficient (Wildman–Crippen LogP) is 2.92. The lowest BCUT2D eigenvalue weighted by Gasteiger charge is -2.11. The van der Waals surface area contributed by atoms with Crippen molar-refractivity contribution in [2.45, 2.75) is 40.2 Å². The fourth-order valence-corrected chi connectivity index (χ4v) is 2.10. The molecule has 1 heterocycles. The van der Waals surface area contributed by atoms with Crippen LogP contribution in [0.25, 0.3) is 0 Å². The lowest BCUT2D eigenvalue weighted by atomic mass is 10.1. The van der Waals surface area contributed by atoms with Crippen LogP contribution in [0.5, 0.6) is 5.75 Å². The molecule has 6 nitrogen and oxygen atoms in total. The Labute approximate surface area is 122 Å². The van der Waals surface area contributed by atoms with E-state index in [1.165, 1.54) is 0 Å². The fraction of sp³-hybridized carbons (Fsp3) is 0.400. The molecule has 112 valence electrons. The van der Waals surface area contributed by atoms with E-state index in [1.807, 2.05) is 20.8 Å². The largest absolute Gasteiger partial charge is 0.485 e. The van der Waals surface area contributed by atoms with Crippen LogP contribution in [0.3, 0.4) is 0 Å². The molecule has 6 heteroatoms. The van der Waals surface area contributed by atoms with E-state index in [-0.39, 0.29) is 12.2 Å². The Morgan fingerprint density at radius 2 is 2.00 bits per heavy atom. The Kier molecular flexibility index (Phi) is 4.57. The van der Waals surface area contributed by atoms with Crippen molar-refractivity contribution in [2.75, 3.05) is 0 Å². The maximum absolute atomic E-state index is 11.0. The summed E-state index contributed by atoms with van der Waals surface area (Å²) in [4.78, 5) is 15.2. The minimum atomic E-state index is -0.949. The summed E-state index contributed by atoms with van der Waals surface area (Å²) in [5, 5.41) is 12.9. The molecule has 0 atom stereocenters. The van der Waals surface area contributed by atoms with Gasteiger partial charge in [0.15, 0.2) is 6.61 Å². The van der Waals surface area contributed by atoms with E-state index < -0.39 is 5.97 Å². The van der Waals surface area contributed by atoms with Crippen LogP contribution in [0, 0.1) is 13.8 Å². The lowest BCUT2D eigenvalue weighted by molar-refractivity contribution is 0.0696. The second kappa shape index (κ2) is 6.39. The van der Waals surface area contributed by atoms with Gasteiger partial charge in [0.05, 0.1) is 5.56 Å². The molecule has 0 aliphatic carbocycles. The summed E-state index contributed by atoms with van der Waals surface area (Å²) >= 11 is 0. The molecule has 21 heavy (non-hydrogen) atoms. The quantitative estimate of drug-likeness (QED) is 0.880. The number of carboxylic acids is 1. The van der Waals surface area contributed by atoms with E-state index in [1.54, 1.807) is 12.1 Å². The molecule has 2 rings (SSSR count). The van der Waals surface area contributed by atoms with E-state index in [4.69, 9.17) is 14.4 Å². The first kappa shape index (κ1) is 15.0. The SMILES string of the molecule is CCCc1nc(COc2c(C)cc(C(=O)O)cc2C)no1. The molecule has 0 aliphatic rings. The summed E-state index contributed by atoms with van der Waals surface area (Å²) in [7, 11) is 0. The molecular weight excluding hydrogens is 272 g/mol. The van der Waals surface area contributed by atoms with Crippen molar-refractivity contribution in [3.05, 3.63) is 40.5 Å². The van der Waals surface area contributed by atoms with Crippen LogP contribution >= 0.6 is 0 Å². The molecule has 0 amide bonds. The highest BCUT2D eigenvalue weighted by atomic mass is 16.5. The van der Waals surface area contributed by atoms with Crippen LogP contribution in [0.1, 0.15) is 46.5 Å². The van der Waals surface area contributed by atoms with E-state index >= 15 is 0 Å². The lowest BCUT2D eigenvalue weighted by Crippen LogP contribution is -2.04. The molecule has 0 saturated carbocycles. The number of rotatable bonds is 6. The molecule has 0 spiro atoms. The Bertz CT molecular complexity index is 626. The summed E-state index contributed by atoms with van der Waals surface area (Å²) in [5.74, 6) is 0.794. The van der Waals surface area contributed by atoms with Gasteiger partial charge in [0.2, 0.25) is 11.7 Å². The Balaban J connectivity index is 2.10. The number of nitrogens with zero attached hydrogens (tertiary/aromatic N) is 2. The van der Waals surface area contributed by atoms with Gasteiger partial charge >= 0.3 is 5.97 Å². The number of benzene rings is 1. The number of carbonyl (C=O) groups is 1. The second-order valence-corrected chi connectivity index (χ2v) is 4.89. The van der Waals surface area contributed by atoms with Crippen molar-refractivity contribution in [2.24, 2.45) is 0 Å². The molecule has 1 aromatic heterocycles. The maximum atomic E-state index is 11.0. The summed E-state index contributed by atoms with van der Waals surface area (Å²) in [6.45, 7) is 5.86. The summed E-state index contributed by atoms with van der Waals surface area (Å²) in [6, 6.07) is 3.17. The maximum Gasteiger partial charge on any atom is 0.335 e. The molecule has 0 unspecified atom stereocenters. The highest BCUT2D eigenvalue weighted by Crippen LogP contribution is 2.25. The van der Waals surface area contributed by atoms with Crippen molar-refractivity contribution in [1.82, 2.24) is 10.1 Å². The number of ether oxygens (including phenoxy) is 1. The van der Waals surface area contributed by atoms with Crippen LogP contribution in [0.2, 0.25) is 0 Å². The van der Waals surface area contributed by atoms with E-state index in [9.17, 15) is 4.79 Å². The highest BCUT2D eigenvalue weighted by Gasteiger charge is 2.12. The van der Waals surface area contributed by atoms with Crippen molar-refractivity contribution >= 4 is 5.97 Å². The first-order valence-electron chi connectivity index (χ1n) is 6.80. The van der Waals surface area contributed by atoms with Gasteiger partial charge in [-0.05, 0) is 43.5 Å². The Hall–Kier alpha value is -2.37. The number of hydrogen-bond acceptors (Lipinski definition) is 5. The third kappa shape index (κ3) is 3.59. The zero-order valence-corrected chi connectivity index (χ0v) is 12.3. The average Bonchev–Trinajstić information content (AvgIpc) is 2.85. The first-order chi connectivity index (χ1) is 10.0. The molecule has 0 saturated heterocycles. The number of aromatic nitrogens is 2. The van der Waals surface area contributed by atoms with Crippen molar-refractivity contribution in [3.8, 4) is 5.75 Å². The number of aryl methyl sites for hydroxylation is 3. The topological polar surface area (TPSA) is 85.5 Å². The van der Waals surface area contributed by atoms with Gasteiger partial charge in [-0.2, -0.15) is 4.98 Å². The van der Waals surface area contributed by atoms with Gasteiger partial charge in [-0.15, -0.1) is 0 Å². The molecular formula is C15H18N2O4. The molecule has 0 radical (unpaired) electrons. The summed E-state index contributed by atoms with van der Waals surface area (Å²) < 4.78 is 10.8. The number of carboxylic acid groups (broad SMARTS) is 1. The highest BCUT2D eigenvalue weighted by molar-refractivity contribution is 5.88. The zero-order chi connectivity index (χ0) is 15.4. The van der Waals surface area contributed by atoms with Gasteiger partial charge in [0, 0.05) is 6.42 Å². The molecule has 0 bridgehead atoms. The number of aromatic carboxylic acids is 1. The molecule has 1 N–H and O–H groups in total. The molecule has 2 aromatic rings. The van der Waals surface area contributed by atoms with Crippen LogP contribution in [0.15, 0.2) is 16.7 Å². The smallest absolute Gasteiger partial charge is 0.335 e. The Morgan fingerprint density at radius 1 is 1.33 bits per heavy atom. The second-order valence-electron chi connectivity index (χ2n) is 4.89. The van der Waals surface area contributed by atoms with E-state index in [2.05, 4.69) is 10.1 Å². The number of hydrogen-bond donors (Lipinski definition) is 1. The van der Waals surface area contributed by atoms with Gasteiger partial charge in [-0.25, -0.2) is 4.79 Å². The van der Waals surface area contributed by atoms with Crippen LogP contribution < -0.4 is 4.74 Å². The first-order valence-corrected chi connectivity index (χ1v) is 6.80. The minimum absolute atomic E-state index is 0.196. The van der Waals surface area contributed by atoms with Gasteiger partial charge in [0.1, 0.15) is 5.75 Å². The molecule has 1 aromatic carbocycles. The van der Waals surface area contributed by atoms with Gasteiger partial charge in [-0.1, -0.05) is 12.1 Å². The fourth-order valence-electron chi connectivity index (χ4n) is 2.10.